The summed E-state index contributed by atoms with van der Waals surface area (Å²) in [7, 11) is 0. The molecule has 0 saturated carbocycles. The molecule has 0 saturated heterocycles. The van der Waals surface area contributed by atoms with Crippen molar-refractivity contribution >= 4 is 39.3 Å². The summed E-state index contributed by atoms with van der Waals surface area (Å²) in [5, 5.41) is 3.09. The van der Waals surface area contributed by atoms with Gasteiger partial charge in [-0.2, -0.15) is 0 Å². The van der Waals surface area contributed by atoms with Crippen molar-refractivity contribution in [1.82, 2.24) is 10.3 Å². The van der Waals surface area contributed by atoms with Crippen LogP contribution >= 0.6 is 27.5 Å². The fourth-order valence-electron chi connectivity index (χ4n) is 1.55. The zero-order chi connectivity index (χ0) is 14.5. The van der Waals surface area contributed by atoms with E-state index in [1.54, 1.807) is 0 Å². The topological polar surface area (TPSA) is 80.0 Å². The molecule has 0 fully saturated rings. The van der Waals surface area contributed by atoms with E-state index in [4.69, 9.17) is 17.4 Å². The molecule has 7 heteroatoms. The molecule has 0 unspecified atom stereocenters. The number of nitrogens with one attached hydrogen (secondary N) is 2. The molecular formula is C13H12BrClN4O. The number of nitrogen functional groups attached to an aromatic ring is 1. The number of hydrogen-bond acceptors (Lipinski definition) is 4. The lowest BCUT2D eigenvalue weighted by Crippen LogP contribution is -2.23. The Balaban J connectivity index is 2.01. The van der Waals surface area contributed by atoms with Crippen molar-refractivity contribution in [2.45, 2.75) is 6.54 Å². The molecular weight excluding hydrogens is 344 g/mol. The van der Waals surface area contributed by atoms with Crippen molar-refractivity contribution in [2.24, 2.45) is 5.84 Å². The minimum atomic E-state index is -0.245. The van der Waals surface area contributed by atoms with E-state index in [-0.39, 0.29) is 5.91 Å². The van der Waals surface area contributed by atoms with Gasteiger partial charge in [0.1, 0.15) is 0 Å². The Labute approximate surface area is 129 Å². The molecule has 0 spiro atoms. The maximum absolute atomic E-state index is 12.0. The molecule has 1 aromatic heterocycles. The van der Waals surface area contributed by atoms with Crippen molar-refractivity contribution in [3.63, 3.8) is 0 Å². The van der Waals surface area contributed by atoms with Crippen LogP contribution in [-0.4, -0.2) is 10.9 Å². The SMILES string of the molecule is NNc1ncc(C(=O)NCc2ccc(Br)cc2)cc1Cl. The Bertz CT molecular complexity index is 618. The summed E-state index contributed by atoms with van der Waals surface area (Å²) in [5.41, 5.74) is 3.73. The molecule has 4 N–H and O–H groups in total. The minimum Gasteiger partial charge on any atom is -0.348 e. The summed E-state index contributed by atoms with van der Waals surface area (Å²) >= 11 is 9.28. The first-order valence-electron chi connectivity index (χ1n) is 5.75. The molecule has 1 aromatic carbocycles. The van der Waals surface area contributed by atoms with Crippen LogP contribution in [0.5, 0.6) is 0 Å². The molecule has 20 heavy (non-hydrogen) atoms. The second-order valence-electron chi connectivity index (χ2n) is 4.01. The number of benzene rings is 1. The molecule has 1 amide bonds. The third-order valence-electron chi connectivity index (χ3n) is 2.61. The molecule has 0 aliphatic heterocycles. The zero-order valence-electron chi connectivity index (χ0n) is 10.4. The molecule has 1 heterocycles. The molecule has 0 radical (unpaired) electrons. The molecule has 0 atom stereocenters. The molecule has 104 valence electrons. The standard InChI is InChI=1S/C13H12BrClN4O/c14-10-3-1-8(2-4-10)6-18-13(20)9-5-11(15)12(19-16)17-7-9/h1-5,7H,6,16H2,(H,17,19)(H,18,20). The van der Waals surface area contributed by atoms with Gasteiger partial charge in [0.25, 0.3) is 5.91 Å². The highest BCUT2D eigenvalue weighted by Gasteiger charge is 2.09. The molecule has 2 aromatic rings. The number of aromatic nitrogens is 1. The van der Waals surface area contributed by atoms with Crippen LogP contribution in [0, 0.1) is 0 Å². The summed E-state index contributed by atoms with van der Waals surface area (Å²) in [5.74, 6) is 5.31. The summed E-state index contributed by atoms with van der Waals surface area (Å²) < 4.78 is 0.994. The minimum absolute atomic E-state index is 0.245. The number of pyridine rings is 1. The summed E-state index contributed by atoms with van der Waals surface area (Å²) in [4.78, 5) is 15.9. The van der Waals surface area contributed by atoms with E-state index in [9.17, 15) is 4.79 Å². The van der Waals surface area contributed by atoms with Crippen molar-refractivity contribution in [2.75, 3.05) is 5.43 Å². The average molecular weight is 356 g/mol. The highest BCUT2D eigenvalue weighted by atomic mass is 79.9. The Hall–Kier alpha value is -1.63. The monoisotopic (exact) mass is 354 g/mol. The van der Waals surface area contributed by atoms with Gasteiger partial charge < -0.3 is 10.7 Å². The van der Waals surface area contributed by atoms with Gasteiger partial charge in [-0.15, -0.1) is 0 Å². The van der Waals surface area contributed by atoms with Crippen LogP contribution in [0.15, 0.2) is 41.0 Å². The summed E-state index contributed by atoms with van der Waals surface area (Å²) in [6.45, 7) is 0.431. The van der Waals surface area contributed by atoms with E-state index in [2.05, 4.69) is 31.7 Å². The van der Waals surface area contributed by atoms with Crippen molar-refractivity contribution in [1.29, 1.82) is 0 Å². The fourth-order valence-corrected chi connectivity index (χ4v) is 2.04. The lowest BCUT2D eigenvalue weighted by atomic mass is 10.2. The van der Waals surface area contributed by atoms with E-state index in [1.807, 2.05) is 24.3 Å². The van der Waals surface area contributed by atoms with Crippen LogP contribution in [0.2, 0.25) is 5.02 Å². The van der Waals surface area contributed by atoms with Crippen molar-refractivity contribution in [3.05, 3.63) is 57.2 Å². The number of anilines is 1. The summed E-state index contributed by atoms with van der Waals surface area (Å²) in [6.07, 6.45) is 1.41. The largest absolute Gasteiger partial charge is 0.348 e. The van der Waals surface area contributed by atoms with Crippen molar-refractivity contribution in [3.8, 4) is 0 Å². The fraction of sp³-hybridized carbons (Fsp3) is 0.0769. The first-order valence-corrected chi connectivity index (χ1v) is 6.92. The smallest absolute Gasteiger partial charge is 0.253 e. The third-order valence-corrected chi connectivity index (χ3v) is 3.42. The number of nitrogens with two attached hydrogens (primary N) is 1. The van der Waals surface area contributed by atoms with Crippen LogP contribution in [0.25, 0.3) is 0 Å². The van der Waals surface area contributed by atoms with Crippen LogP contribution in [0.3, 0.4) is 0 Å². The van der Waals surface area contributed by atoms with Gasteiger partial charge in [0, 0.05) is 17.2 Å². The van der Waals surface area contributed by atoms with Gasteiger partial charge in [0.05, 0.1) is 10.6 Å². The predicted molar refractivity (Wildman–Crippen MR) is 82.4 cm³/mol. The number of amides is 1. The number of hydrogen-bond donors (Lipinski definition) is 3. The predicted octanol–water partition coefficient (Wildman–Crippen LogP) is 2.71. The summed E-state index contributed by atoms with van der Waals surface area (Å²) in [6, 6.07) is 9.21. The van der Waals surface area contributed by atoms with Gasteiger partial charge in [0.2, 0.25) is 0 Å². The van der Waals surface area contributed by atoms with E-state index in [1.165, 1.54) is 12.3 Å². The number of carbonyl (C=O) groups is 1. The molecule has 0 bridgehead atoms. The molecule has 0 aliphatic carbocycles. The second kappa shape index (κ2) is 6.69. The van der Waals surface area contributed by atoms with Crippen LogP contribution in [0.1, 0.15) is 15.9 Å². The number of hydrazine groups is 1. The second-order valence-corrected chi connectivity index (χ2v) is 5.33. The first kappa shape index (κ1) is 14.8. The Morgan fingerprint density at radius 2 is 2.05 bits per heavy atom. The quantitative estimate of drug-likeness (QED) is 0.582. The zero-order valence-corrected chi connectivity index (χ0v) is 12.7. The van der Waals surface area contributed by atoms with Gasteiger partial charge in [-0.25, -0.2) is 10.8 Å². The normalized spacial score (nSPS) is 10.2. The van der Waals surface area contributed by atoms with Gasteiger partial charge in [-0.1, -0.05) is 39.7 Å². The molecule has 2 rings (SSSR count). The Morgan fingerprint density at radius 3 is 2.65 bits per heavy atom. The lowest BCUT2D eigenvalue weighted by Gasteiger charge is -2.07. The van der Waals surface area contributed by atoms with Crippen LogP contribution in [-0.2, 0) is 6.54 Å². The number of carbonyl (C=O) groups excluding carboxylic acids is 1. The number of halogens is 2. The molecule has 0 aliphatic rings. The van der Waals surface area contributed by atoms with Gasteiger partial charge in [0.15, 0.2) is 5.82 Å². The highest BCUT2D eigenvalue weighted by Crippen LogP contribution is 2.19. The van der Waals surface area contributed by atoms with Gasteiger partial charge >= 0.3 is 0 Å². The average Bonchev–Trinajstić information content (AvgIpc) is 2.46. The van der Waals surface area contributed by atoms with E-state index in [0.29, 0.717) is 22.9 Å². The molecule has 5 nitrogen and oxygen atoms in total. The maximum Gasteiger partial charge on any atom is 0.253 e. The lowest BCUT2D eigenvalue weighted by molar-refractivity contribution is 0.0950. The van der Waals surface area contributed by atoms with Crippen LogP contribution < -0.4 is 16.6 Å². The van der Waals surface area contributed by atoms with Crippen LogP contribution in [0.4, 0.5) is 5.82 Å². The number of rotatable bonds is 4. The van der Waals surface area contributed by atoms with E-state index < -0.39 is 0 Å². The Kier molecular flexibility index (Phi) is 4.94. The van der Waals surface area contributed by atoms with Gasteiger partial charge in [-0.05, 0) is 23.8 Å². The van der Waals surface area contributed by atoms with Crippen molar-refractivity contribution < 1.29 is 4.79 Å². The van der Waals surface area contributed by atoms with E-state index in [0.717, 1.165) is 10.0 Å². The van der Waals surface area contributed by atoms with E-state index >= 15 is 0 Å². The first-order chi connectivity index (χ1) is 9.60. The highest BCUT2D eigenvalue weighted by molar-refractivity contribution is 9.10. The maximum atomic E-state index is 12.0. The Morgan fingerprint density at radius 1 is 1.35 bits per heavy atom. The van der Waals surface area contributed by atoms with Gasteiger partial charge in [-0.3, -0.25) is 4.79 Å². The number of nitrogens with zero attached hydrogens (tertiary/aromatic N) is 1. The third kappa shape index (κ3) is 3.69.